The van der Waals surface area contributed by atoms with E-state index in [-0.39, 0.29) is 18.7 Å². The molecule has 1 heterocycles. The molecule has 1 aliphatic heterocycles. The minimum atomic E-state index is 0.116. The highest BCUT2D eigenvalue weighted by Gasteiger charge is 2.27. The molecule has 3 heteroatoms. The molecule has 0 aromatic heterocycles. The molecule has 15 heavy (non-hydrogen) atoms. The van der Waals surface area contributed by atoms with Crippen LogP contribution >= 0.6 is 0 Å². The molecule has 3 unspecified atom stereocenters. The Balaban J connectivity index is 2.51. The van der Waals surface area contributed by atoms with E-state index >= 15 is 0 Å². The van der Waals surface area contributed by atoms with Crippen molar-refractivity contribution in [1.29, 1.82) is 0 Å². The quantitative estimate of drug-likeness (QED) is 0.723. The van der Waals surface area contributed by atoms with Crippen molar-refractivity contribution in [3.63, 3.8) is 0 Å². The molecular formula is C12H26N2O. The molecule has 1 saturated heterocycles. The van der Waals surface area contributed by atoms with Gasteiger partial charge in [-0.25, -0.2) is 0 Å². The molecule has 0 aliphatic carbocycles. The number of piperidine rings is 1. The second-order valence-electron chi connectivity index (χ2n) is 4.73. The van der Waals surface area contributed by atoms with E-state index in [0.717, 1.165) is 25.4 Å². The Kier molecular flexibility index (Phi) is 5.58. The number of hydrogen-bond acceptors (Lipinski definition) is 3. The molecular weight excluding hydrogens is 188 g/mol. The molecule has 3 nitrogen and oxygen atoms in total. The van der Waals surface area contributed by atoms with E-state index in [1.165, 1.54) is 19.3 Å². The van der Waals surface area contributed by atoms with Crippen LogP contribution in [0.15, 0.2) is 0 Å². The smallest absolute Gasteiger partial charge is 0.0601 e. The number of hydrogen-bond donors (Lipinski definition) is 2. The van der Waals surface area contributed by atoms with Crippen molar-refractivity contribution in [2.75, 3.05) is 19.7 Å². The molecule has 0 aromatic carbocycles. The first kappa shape index (κ1) is 12.9. The summed E-state index contributed by atoms with van der Waals surface area (Å²) in [6, 6.07) is 0.287. The summed E-state index contributed by atoms with van der Waals surface area (Å²) in [5.41, 5.74) is 6.04. The molecule has 1 fully saturated rings. The highest BCUT2D eigenvalue weighted by atomic mass is 16.3. The monoisotopic (exact) mass is 214 g/mol. The largest absolute Gasteiger partial charge is 0.395 e. The van der Waals surface area contributed by atoms with Crippen LogP contribution in [0.2, 0.25) is 0 Å². The van der Waals surface area contributed by atoms with Gasteiger partial charge in [0.05, 0.1) is 6.61 Å². The normalized spacial score (nSPS) is 27.6. The molecule has 0 saturated carbocycles. The van der Waals surface area contributed by atoms with Gasteiger partial charge in [0.25, 0.3) is 0 Å². The van der Waals surface area contributed by atoms with Crippen molar-refractivity contribution in [3.8, 4) is 0 Å². The van der Waals surface area contributed by atoms with Gasteiger partial charge in [0, 0.05) is 18.6 Å². The summed E-state index contributed by atoms with van der Waals surface area (Å²) in [5.74, 6) is 0.803. The molecule has 0 radical (unpaired) electrons. The minimum absolute atomic E-state index is 0.116. The number of aliphatic hydroxyl groups is 1. The first-order valence-electron chi connectivity index (χ1n) is 6.33. The summed E-state index contributed by atoms with van der Waals surface area (Å²) in [5, 5.41) is 9.42. The summed E-state index contributed by atoms with van der Waals surface area (Å²) in [6.07, 6.45) is 4.78. The second-order valence-corrected chi connectivity index (χ2v) is 4.73. The fourth-order valence-electron chi connectivity index (χ4n) is 2.53. The highest BCUT2D eigenvalue weighted by molar-refractivity contribution is 4.84. The summed E-state index contributed by atoms with van der Waals surface area (Å²) < 4.78 is 0. The van der Waals surface area contributed by atoms with Crippen molar-refractivity contribution in [3.05, 3.63) is 0 Å². The number of aliphatic hydroxyl groups excluding tert-OH is 1. The summed E-state index contributed by atoms with van der Waals surface area (Å²) >= 11 is 0. The third-order valence-electron chi connectivity index (χ3n) is 3.75. The van der Waals surface area contributed by atoms with Crippen molar-refractivity contribution in [2.24, 2.45) is 11.7 Å². The van der Waals surface area contributed by atoms with Gasteiger partial charge in [0.15, 0.2) is 0 Å². The maximum absolute atomic E-state index is 9.42. The summed E-state index contributed by atoms with van der Waals surface area (Å²) in [4.78, 5) is 2.39. The predicted molar refractivity (Wildman–Crippen MR) is 63.7 cm³/mol. The van der Waals surface area contributed by atoms with Crippen LogP contribution in [0, 0.1) is 5.92 Å². The SMILES string of the molecule is CCC1CCCN(C(CO)C(N)CC)C1. The van der Waals surface area contributed by atoms with E-state index < -0.39 is 0 Å². The molecule has 0 bridgehead atoms. The van der Waals surface area contributed by atoms with Gasteiger partial charge in [-0.15, -0.1) is 0 Å². The Bertz CT molecular complexity index is 175. The van der Waals surface area contributed by atoms with Crippen molar-refractivity contribution >= 4 is 0 Å². The second kappa shape index (κ2) is 6.46. The Morgan fingerprint density at radius 2 is 2.20 bits per heavy atom. The number of likely N-dealkylation sites (tertiary alicyclic amines) is 1. The van der Waals surface area contributed by atoms with Gasteiger partial charge in [-0.3, -0.25) is 4.90 Å². The van der Waals surface area contributed by atoms with Gasteiger partial charge in [0.2, 0.25) is 0 Å². The van der Waals surface area contributed by atoms with Crippen LogP contribution in [-0.2, 0) is 0 Å². The van der Waals surface area contributed by atoms with Gasteiger partial charge >= 0.3 is 0 Å². The maximum atomic E-state index is 9.42. The number of nitrogens with two attached hydrogens (primary N) is 1. The first-order chi connectivity index (χ1) is 7.22. The van der Waals surface area contributed by atoms with Crippen LogP contribution in [0.5, 0.6) is 0 Å². The third-order valence-corrected chi connectivity index (χ3v) is 3.75. The van der Waals surface area contributed by atoms with E-state index in [4.69, 9.17) is 5.73 Å². The van der Waals surface area contributed by atoms with Crippen molar-refractivity contribution in [2.45, 2.75) is 51.6 Å². The minimum Gasteiger partial charge on any atom is -0.395 e. The molecule has 1 aliphatic rings. The average molecular weight is 214 g/mol. The molecule has 0 amide bonds. The Labute approximate surface area is 93.6 Å². The topological polar surface area (TPSA) is 49.5 Å². The fourth-order valence-corrected chi connectivity index (χ4v) is 2.53. The molecule has 90 valence electrons. The van der Waals surface area contributed by atoms with Gasteiger partial charge in [-0.1, -0.05) is 20.3 Å². The van der Waals surface area contributed by atoms with Gasteiger partial charge in [-0.05, 0) is 31.7 Å². The molecule has 0 aromatic rings. The Morgan fingerprint density at radius 3 is 2.73 bits per heavy atom. The molecule has 1 rings (SSSR count). The standard InChI is InChI=1S/C12H26N2O/c1-3-10-6-5-7-14(8-10)12(9-15)11(13)4-2/h10-12,15H,3-9,13H2,1-2H3. The van der Waals surface area contributed by atoms with Gasteiger partial charge < -0.3 is 10.8 Å². The van der Waals surface area contributed by atoms with E-state index in [0.29, 0.717) is 0 Å². The van der Waals surface area contributed by atoms with E-state index in [1.807, 2.05) is 0 Å². The lowest BCUT2D eigenvalue weighted by Crippen LogP contribution is -2.53. The van der Waals surface area contributed by atoms with E-state index in [1.54, 1.807) is 0 Å². The lowest BCUT2D eigenvalue weighted by atomic mass is 9.93. The number of nitrogens with zero attached hydrogens (tertiary/aromatic N) is 1. The van der Waals surface area contributed by atoms with E-state index in [2.05, 4.69) is 18.7 Å². The summed E-state index contributed by atoms with van der Waals surface area (Å²) in [6.45, 7) is 6.77. The van der Waals surface area contributed by atoms with E-state index in [9.17, 15) is 5.11 Å². The predicted octanol–water partition coefficient (Wildman–Crippen LogP) is 1.21. The summed E-state index contributed by atoms with van der Waals surface area (Å²) in [7, 11) is 0. The zero-order chi connectivity index (χ0) is 11.3. The van der Waals surface area contributed by atoms with Gasteiger partial charge in [-0.2, -0.15) is 0 Å². The van der Waals surface area contributed by atoms with Crippen LogP contribution in [0.25, 0.3) is 0 Å². The van der Waals surface area contributed by atoms with Gasteiger partial charge in [0.1, 0.15) is 0 Å². The highest BCUT2D eigenvalue weighted by Crippen LogP contribution is 2.21. The zero-order valence-corrected chi connectivity index (χ0v) is 10.2. The van der Waals surface area contributed by atoms with Crippen LogP contribution < -0.4 is 5.73 Å². The van der Waals surface area contributed by atoms with Crippen LogP contribution in [0.3, 0.4) is 0 Å². The maximum Gasteiger partial charge on any atom is 0.0601 e. The fraction of sp³-hybridized carbons (Fsp3) is 1.00. The number of rotatable bonds is 5. The van der Waals surface area contributed by atoms with Crippen LogP contribution in [0.1, 0.15) is 39.5 Å². The zero-order valence-electron chi connectivity index (χ0n) is 10.2. The molecule has 3 atom stereocenters. The lowest BCUT2D eigenvalue weighted by Gasteiger charge is -2.39. The Morgan fingerprint density at radius 1 is 1.47 bits per heavy atom. The van der Waals surface area contributed by atoms with Crippen LogP contribution in [0.4, 0.5) is 0 Å². The van der Waals surface area contributed by atoms with Crippen molar-refractivity contribution < 1.29 is 5.11 Å². The van der Waals surface area contributed by atoms with Crippen LogP contribution in [-0.4, -0.2) is 41.8 Å². The Hall–Kier alpha value is -0.120. The third kappa shape index (κ3) is 3.44. The van der Waals surface area contributed by atoms with Crippen molar-refractivity contribution in [1.82, 2.24) is 4.90 Å². The lowest BCUT2D eigenvalue weighted by molar-refractivity contribution is 0.0636. The molecule has 0 spiro atoms. The average Bonchev–Trinajstić information content (AvgIpc) is 2.30. The molecule has 3 N–H and O–H groups in total. The first-order valence-corrected chi connectivity index (χ1v) is 6.33.